The van der Waals surface area contributed by atoms with Gasteiger partial charge in [0.15, 0.2) is 0 Å². The number of rotatable bonds is 3. The molecule has 124 valence electrons. The molecule has 0 aromatic carbocycles. The second-order valence-electron chi connectivity index (χ2n) is 7.97. The molecule has 24 heavy (non-hydrogen) atoms. The van der Waals surface area contributed by atoms with Gasteiger partial charge in [-0.3, -0.25) is 4.79 Å². The first-order chi connectivity index (χ1) is 11.7. The van der Waals surface area contributed by atoms with Crippen LogP contribution in [0.25, 0.3) is 0 Å². The number of pyridine rings is 1. The van der Waals surface area contributed by atoms with Gasteiger partial charge in [0.25, 0.3) is 0 Å². The van der Waals surface area contributed by atoms with Crippen molar-refractivity contribution in [3.63, 3.8) is 0 Å². The maximum absolute atomic E-state index is 13.2. The van der Waals surface area contributed by atoms with Gasteiger partial charge in [0.2, 0.25) is 5.91 Å². The molecule has 1 amide bonds. The third-order valence-electron chi connectivity index (χ3n) is 6.32. The fourth-order valence-corrected chi connectivity index (χ4v) is 5.89. The predicted octanol–water partition coefficient (Wildman–Crippen LogP) is 2.61. The van der Waals surface area contributed by atoms with Gasteiger partial charge in [-0.05, 0) is 62.5 Å². The van der Waals surface area contributed by atoms with Crippen molar-refractivity contribution >= 4 is 11.7 Å². The largest absolute Gasteiger partial charge is 0.310 e. The van der Waals surface area contributed by atoms with Gasteiger partial charge in [0, 0.05) is 6.20 Å². The van der Waals surface area contributed by atoms with Gasteiger partial charge in [-0.2, -0.15) is 5.10 Å². The highest BCUT2D eigenvalue weighted by atomic mass is 16.2. The summed E-state index contributed by atoms with van der Waals surface area (Å²) in [7, 11) is 0. The standard InChI is InChI=1S/C18H21N5O/c24-16(22-15-3-1-2-4-20-15)17-6-13-5-14(7-17)9-18(8-13,10-17)23-12-19-11-21-23/h1-4,11-14H,5-10H2,(H,20,22,24)/t13-,14+,17?,18?. The summed E-state index contributed by atoms with van der Waals surface area (Å²) in [6.45, 7) is 0. The SMILES string of the molecule is O=C(Nc1ccccn1)C12C[C@H]3C[C@@H](C1)CC(n1cncn1)(C3)C2. The molecule has 4 fully saturated rings. The average Bonchev–Trinajstić information content (AvgIpc) is 3.10. The molecule has 2 heterocycles. The van der Waals surface area contributed by atoms with Crippen LogP contribution in [0, 0.1) is 17.3 Å². The van der Waals surface area contributed by atoms with Gasteiger partial charge in [0.1, 0.15) is 18.5 Å². The average molecular weight is 323 g/mol. The number of hydrogen-bond acceptors (Lipinski definition) is 4. The fourth-order valence-electron chi connectivity index (χ4n) is 5.89. The van der Waals surface area contributed by atoms with Crippen LogP contribution in [0.15, 0.2) is 37.1 Å². The number of nitrogens with one attached hydrogen (secondary N) is 1. The highest BCUT2D eigenvalue weighted by Crippen LogP contribution is 2.64. The Hall–Kier alpha value is -2.24. The van der Waals surface area contributed by atoms with Crippen LogP contribution in [0.1, 0.15) is 38.5 Å². The highest BCUT2D eigenvalue weighted by Gasteiger charge is 2.61. The number of carbonyl (C=O) groups excluding carboxylic acids is 1. The van der Waals surface area contributed by atoms with Crippen LogP contribution in [0.5, 0.6) is 0 Å². The number of anilines is 1. The van der Waals surface area contributed by atoms with E-state index in [0.717, 1.165) is 32.1 Å². The third kappa shape index (κ3) is 2.01. The summed E-state index contributed by atoms with van der Waals surface area (Å²) < 4.78 is 2.03. The lowest BCUT2D eigenvalue weighted by Gasteiger charge is -2.60. The summed E-state index contributed by atoms with van der Waals surface area (Å²) in [6, 6.07) is 5.62. The Morgan fingerprint density at radius 2 is 2.04 bits per heavy atom. The Bertz CT molecular complexity index is 743. The molecular weight excluding hydrogens is 302 g/mol. The van der Waals surface area contributed by atoms with Crippen molar-refractivity contribution in [3.8, 4) is 0 Å². The van der Waals surface area contributed by atoms with Crippen molar-refractivity contribution < 1.29 is 4.79 Å². The molecule has 6 rings (SSSR count). The Kier molecular flexibility index (Phi) is 2.87. The first-order valence-electron chi connectivity index (χ1n) is 8.75. The summed E-state index contributed by atoms with van der Waals surface area (Å²) in [5.74, 6) is 2.02. The molecule has 2 unspecified atom stereocenters. The maximum Gasteiger partial charge on any atom is 0.231 e. The highest BCUT2D eigenvalue weighted by molar-refractivity contribution is 5.95. The zero-order chi connectivity index (χ0) is 16.2. The molecule has 6 nitrogen and oxygen atoms in total. The lowest BCUT2D eigenvalue weighted by molar-refractivity contribution is -0.150. The molecule has 4 saturated carbocycles. The van der Waals surface area contributed by atoms with E-state index in [9.17, 15) is 4.79 Å². The minimum atomic E-state index is -0.284. The molecule has 4 bridgehead atoms. The van der Waals surface area contributed by atoms with Crippen molar-refractivity contribution in [2.75, 3.05) is 5.32 Å². The van der Waals surface area contributed by atoms with Gasteiger partial charge in [-0.15, -0.1) is 0 Å². The van der Waals surface area contributed by atoms with Crippen molar-refractivity contribution in [2.45, 2.75) is 44.1 Å². The molecule has 0 spiro atoms. The lowest BCUT2D eigenvalue weighted by Crippen LogP contribution is -2.60. The van der Waals surface area contributed by atoms with Gasteiger partial charge >= 0.3 is 0 Å². The van der Waals surface area contributed by atoms with E-state index < -0.39 is 0 Å². The van der Waals surface area contributed by atoms with E-state index in [0.29, 0.717) is 17.7 Å². The number of hydrogen-bond donors (Lipinski definition) is 1. The summed E-state index contributed by atoms with van der Waals surface area (Å²) in [5.41, 5.74) is -0.310. The van der Waals surface area contributed by atoms with Crippen LogP contribution >= 0.6 is 0 Å². The summed E-state index contributed by atoms with van der Waals surface area (Å²) in [4.78, 5) is 21.6. The van der Waals surface area contributed by atoms with Crippen molar-refractivity contribution in [1.82, 2.24) is 19.7 Å². The number of nitrogens with zero attached hydrogens (tertiary/aromatic N) is 4. The Morgan fingerprint density at radius 3 is 2.71 bits per heavy atom. The van der Waals surface area contributed by atoms with Gasteiger partial charge in [0.05, 0.1) is 11.0 Å². The maximum atomic E-state index is 13.2. The van der Waals surface area contributed by atoms with E-state index >= 15 is 0 Å². The Labute approximate surface area is 140 Å². The minimum absolute atomic E-state index is 0.0258. The lowest BCUT2D eigenvalue weighted by atomic mass is 9.46. The van der Waals surface area contributed by atoms with Gasteiger partial charge in [-0.1, -0.05) is 6.07 Å². The number of carbonyl (C=O) groups is 1. The zero-order valence-corrected chi connectivity index (χ0v) is 13.6. The van der Waals surface area contributed by atoms with E-state index in [1.165, 1.54) is 6.42 Å². The van der Waals surface area contributed by atoms with Crippen molar-refractivity contribution in [1.29, 1.82) is 0 Å². The topological polar surface area (TPSA) is 72.7 Å². The van der Waals surface area contributed by atoms with Crippen LogP contribution in [0.2, 0.25) is 0 Å². The molecule has 1 N–H and O–H groups in total. The molecule has 0 aliphatic heterocycles. The molecule has 4 aliphatic rings. The van der Waals surface area contributed by atoms with Crippen molar-refractivity contribution in [2.24, 2.45) is 17.3 Å². The van der Waals surface area contributed by atoms with Gasteiger partial charge < -0.3 is 5.32 Å². The minimum Gasteiger partial charge on any atom is -0.310 e. The second-order valence-corrected chi connectivity index (χ2v) is 7.97. The predicted molar refractivity (Wildman–Crippen MR) is 88.0 cm³/mol. The first-order valence-corrected chi connectivity index (χ1v) is 8.75. The van der Waals surface area contributed by atoms with E-state index in [1.54, 1.807) is 12.5 Å². The fraction of sp³-hybridized carbons (Fsp3) is 0.556. The third-order valence-corrected chi connectivity index (χ3v) is 6.32. The molecule has 4 atom stereocenters. The van der Waals surface area contributed by atoms with Gasteiger partial charge in [-0.25, -0.2) is 14.6 Å². The summed E-state index contributed by atoms with van der Waals surface area (Å²) in [5, 5.41) is 7.51. The Balaban J connectivity index is 1.48. The van der Waals surface area contributed by atoms with E-state index in [-0.39, 0.29) is 16.9 Å². The van der Waals surface area contributed by atoms with E-state index in [2.05, 4.69) is 20.4 Å². The van der Waals surface area contributed by atoms with Crippen molar-refractivity contribution in [3.05, 3.63) is 37.1 Å². The number of aromatic nitrogens is 4. The zero-order valence-electron chi connectivity index (χ0n) is 13.6. The monoisotopic (exact) mass is 323 g/mol. The molecule has 6 heteroatoms. The Morgan fingerprint density at radius 1 is 1.21 bits per heavy atom. The van der Waals surface area contributed by atoms with E-state index in [4.69, 9.17) is 0 Å². The van der Waals surface area contributed by atoms with Crippen LogP contribution in [-0.2, 0) is 10.3 Å². The second kappa shape index (κ2) is 4.88. The smallest absolute Gasteiger partial charge is 0.231 e. The summed E-state index contributed by atoms with van der Waals surface area (Å²) in [6.07, 6.45) is 11.5. The first kappa shape index (κ1) is 14.1. The number of amides is 1. The quantitative estimate of drug-likeness (QED) is 0.942. The molecule has 4 aliphatic carbocycles. The molecule has 2 aromatic rings. The van der Waals surface area contributed by atoms with E-state index in [1.807, 2.05) is 29.2 Å². The normalized spacial score (nSPS) is 36.7. The van der Waals surface area contributed by atoms with Crippen LogP contribution in [0.4, 0.5) is 5.82 Å². The molecular formula is C18H21N5O. The molecule has 0 radical (unpaired) electrons. The summed E-state index contributed by atoms with van der Waals surface area (Å²) >= 11 is 0. The molecule has 2 aromatic heterocycles. The van der Waals surface area contributed by atoms with Crippen LogP contribution in [-0.4, -0.2) is 25.7 Å². The molecule has 0 saturated heterocycles. The van der Waals surface area contributed by atoms with Crippen LogP contribution < -0.4 is 5.32 Å². The van der Waals surface area contributed by atoms with Crippen LogP contribution in [0.3, 0.4) is 0 Å².